The van der Waals surface area contributed by atoms with Gasteiger partial charge in [0, 0.05) is 23.5 Å². The van der Waals surface area contributed by atoms with Gasteiger partial charge in [0.25, 0.3) is 4.45 Å². The Kier molecular flexibility index (Phi) is 4.14. The van der Waals surface area contributed by atoms with Crippen molar-refractivity contribution in [1.82, 2.24) is 0 Å². The summed E-state index contributed by atoms with van der Waals surface area (Å²) in [5, 5.41) is 18.8. The topological polar surface area (TPSA) is 64.7 Å². The van der Waals surface area contributed by atoms with Gasteiger partial charge in [0.1, 0.15) is 10.8 Å². The van der Waals surface area contributed by atoms with E-state index in [1.54, 1.807) is 10.8 Å². The van der Waals surface area contributed by atoms with Crippen molar-refractivity contribution in [2.24, 2.45) is 0 Å². The Bertz CT molecular complexity index is 147. The Morgan fingerprint density at radius 1 is 1.25 bits per heavy atom. The minimum atomic E-state index is -0.477. The van der Waals surface area contributed by atoms with E-state index >= 15 is 0 Å². The largest absolute Gasteiger partial charge is 0.274 e. The van der Waals surface area contributed by atoms with Crippen molar-refractivity contribution in [3.05, 3.63) is 0 Å². The molecule has 0 unspecified atom stereocenters. The molecule has 0 saturated heterocycles. The van der Waals surface area contributed by atoms with Gasteiger partial charge in [-0.25, -0.2) is 0 Å². The van der Waals surface area contributed by atoms with Gasteiger partial charge < -0.3 is 0 Å². The number of thiocyanates is 2. The van der Waals surface area contributed by atoms with Gasteiger partial charge in [0.05, 0.1) is 0 Å². The number of carbonyl (C=O) groups is 1. The number of thioether (sulfide) groups is 2. The molecular weight excluding hydrogens is 144 g/mol. The molecule has 0 heterocycles. The van der Waals surface area contributed by atoms with Crippen molar-refractivity contribution in [2.75, 3.05) is 0 Å². The number of hydrogen-bond acceptors (Lipinski definition) is 5. The third kappa shape index (κ3) is 3.54. The average Bonchev–Trinajstić information content (AvgIpc) is 1.68. The number of nitriles is 2. The molecule has 0 atom stereocenters. The monoisotopic (exact) mass is 144 g/mol. The third-order valence-electron chi connectivity index (χ3n) is 0.258. The fraction of sp³-hybridized carbons (Fsp3) is 0. The molecule has 0 aromatic heterocycles. The second kappa shape index (κ2) is 4.51. The van der Waals surface area contributed by atoms with E-state index in [2.05, 4.69) is 0 Å². The molecule has 0 aliphatic rings. The molecule has 40 valence electrons. The molecular formula is C3N2OS2. The molecule has 8 heavy (non-hydrogen) atoms. The Labute approximate surface area is 54.7 Å². The summed E-state index contributed by atoms with van der Waals surface area (Å²) in [6.45, 7) is 0. The van der Waals surface area contributed by atoms with Gasteiger partial charge in [-0.2, -0.15) is 10.5 Å². The van der Waals surface area contributed by atoms with Crippen LogP contribution in [-0.2, 0) is 0 Å². The molecule has 3 nitrogen and oxygen atoms in total. The number of rotatable bonds is 0. The van der Waals surface area contributed by atoms with Crippen LogP contribution in [-0.4, -0.2) is 4.45 Å². The zero-order chi connectivity index (χ0) is 6.41. The molecule has 0 aromatic rings. The first-order chi connectivity index (χ1) is 3.81. The average molecular weight is 144 g/mol. The SMILES string of the molecule is N#CSC(=O)SC#N. The molecule has 0 amide bonds. The molecule has 0 bridgehead atoms. The summed E-state index contributed by atoms with van der Waals surface area (Å²) < 4.78 is -0.477. The van der Waals surface area contributed by atoms with Gasteiger partial charge in [-0.1, -0.05) is 0 Å². The van der Waals surface area contributed by atoms with E-state index in [4.69, 9.17) is 10.5 Å². The van der Waals surface area contributed by atoms with E-state index in [1.165, 1.54) is 0 Å². The van der Waals surface area contributed by atoms with Gasteiger partial charge in [-0.15, -0.1) is 0 Å². The highest BCUT2D eigenvalue weighted by Crippen LogP contribution is 2.12. The molecule has 0 saturated carbocycles. The maximum absolute atomic E-state index is 10.1. The molecule has 0 fully saturated rings. The van der Waals surface area contributed by atoms with Crippen LogP contribution < -0.4 is 0 Å². The summed E-state index contributed by atoms with van der Waals surface area (Å²) in [6, 6.07) is 0. The minimum Gasteiger partial charge on any atom is -0.272 e. The molecule has 0 aromatic carbocycles. The van der Waals surface area contributed by atoms with E-state index in [9.17, 15) is 4.79 Å². The van der Waals surface area contributed by atoms with E-state index in [0.717, 1.165) is 0 Å². The highest BCUT2D eigenvalue weighted by molar-refractivity contribution is 8.41. The van der Waals surface area contributed by atoms with Crippen molar-refractivity contribution in [2.45, 2.75) is 0 Å². The molecule has 0 rings (SSSR count). The van der Waals surface area contributed by atoms with Crippen molar-refractivity contribution in [1.29, 1.82) is 10.5 Å². The van der Waals surface area contributed by atoms with Gasteiger partial charge in [0.2, 0.25) is 0 Å². The van der Waals surface area contributed by atoms with Gasteiger partial charge in [0.15, 0.2) is 0 Å². The first-order valence-corrected chi connectivity index (χ1v) is 3.10. The second-order valence-electron chi connectivity index (χ2n) is 0.637. The van der Waals surface area contributed by atoms with Crippen LogP contribution >= 0.6 is 23.5 Å². The molecule has 0 aliphatic heterocycles. The maximum atomic E-state index is 10.1. The number of hydrogen-bond donors (Lipinski definition) is 0. The molecule has 5 heteroatoms. The lowest BCUT2D eigenvalue weighted by molar-refractivity contribution is 0.277. The van der Waals surface area contributed by atoms with Gasteiger partial charge in [-0.05, 0) is 0 Å². The smallest absolute Gasteiger partial charge is 0.272 e. The highest BCUT2D eigenvalue weighted by atomic mass is 32.2. The molecule has 0 N–H and O–H groups in total. The van der Waals surface area contributed by atoms with Crippen LogP contribution in [0, 0.1) is 21.3 Å². The summed E-state index contributed by atoms with van der Waals surface area (Å²) >= 11 is 0.926. The lowest BCUT2D eigenvalue weighted by Crippen LogP contribution is -1.70. The lowest BCUT2D eigenvalue weighted by Gasteiger charge is -1.74. The summed E-state index contributed by atoms with van der Waals surface area (Å²) in [4.78, 5) is 10.1. The van der Waals surface area contributed by atoms with E-state index in [0.29, 0.717) is 23.5 Å². The molecule has 0 aliphatic carbocycles. The Morgan fingerprint density at radius 2 is 1.62 bits per heavy atom. The Morgan fingerprint density at radius 3 is 1.88 bits per heavy atom. The molecule has 0 spiro atoms. The Hall–Kier alpha value is -0.650. The standard InChI is InChI=1S/C3N2OS2/c4-1-7-3(6)8-2-5. The van der Waals surface area contributed by atoms with Crippen molar-refractivity contribution in [3.63, 3.8) is 0 Å². The quantitative estimate of drug-likeness (QED) is 0.482. The maximum Gasteiger partial charge on any atom is 0.274 e. The predicted molar refractivity (Wildman–Crippen MR) is 31.8 cm³/mol. The summed E-state index contributed by atoms with van der Waals surface area (Å²) in [5.74, 6) is 0. The van der Waals surface area contributed by atoms with Crippen LogP contribution in [0.2, 0.25) is 0 Å². The summed E-state index contributed by atoms with van der Waals surface area (Å²) in [6.07, 6.45) is 0. The third-order valence-corrected chi connectivity index (χ3v) is 1.27. The van der Waals surface area contributed by atoms with Crippen LogP contribution in [0.4, 0.5) is 4.79 Å². The zero-order valence-corrected chi connectivity index (χ0v) is 5.25. The van der Waals surface area contributed by atoms with Crippen LogP contribution in [0.5, 0.6) is 0 Å². The van der Waals surface area contributed by atoms with Crippen molar-refractivity contribution < 1.29 is 4.79 Å². The number of nitrogens with zero attached hydrogens (tertiary/aromatic N) is 2. The second-order valence-corrected chi connectivity index (χ2v) is 2.41. The van der Waals surface area contributed by atoms with Gasteiger partial charge in [-0.3, -0.25) is 4.79 Å². The lowest BCUT2D eigenvalue weighted by atomic mass is 11.7. The fourth-order valence-corrected chi connectivity index (χ4v) is 0.635. The normalized spacial score (nSPS) is 6.75. The number of carbonyl (C=O) groups excluding carboxylic acids is 1. The van der Waals surface area contributed by atoms with Crippen LogP contribution in [0.3, 0.4) is 0 Å². The van der Waals surface area contributed by atoms with E-state index in [-0.39, 0.29) is 0 Å². The highest BCUT2D eigenvalue weighted by Gasteiger charge is 1.98. The van der Waals surface area contributed by atoms with Crippen LogP contribution in [0.1, 0.15) is 0 Å². The van der Waals surface area contributed by atoms with Crippen molar-refractivity contribution in [3.8, 4) is 10.8 Å². The first kappa shape index (κ1) is 7.35. The van der Waals surface area contributed by atoms with Crippen LogP contribution in [0.15, 0.2) is 0 Å². The van der Waals surface area contributed by atoms with Gasteiger partial charge >= 0.3 is 0 Å². The zero-order valence-electron chi connectivity index (χ0n) is 3.62. The van der Waals surface area contributed by atoms with Crippen LogP contribution in [0.25, 0.3) is 0 Å². The predicted octanol–water partition coefficient (Wildman–Crippen LogP) is 1.53. The van der Waals surface area contributed by atoms with E-state index in [1.807, 2.05) is 0 Å². The minimum absolute atomic E-state index is 0.463. The molecule has 0 radical (unpaired) electrons. The van der Waals surface area contributed by atoms with E-state index < -0.39 is 4.45 Å². The summed E-state index contributed by atoms with van der Waals surface area (Å²) in [5.41, 5.74) is 0. The summed E-state index contributed by atoms with van der Waals surface area (Å²) in [7, 11) is 0. The fourth-order valence-electron chi connectivity index (χ4n) is 0.0954. The Balaban J connectivity index is 3.41. The first-order valence-electron chi connectivity index (χ1n) is 1.47. The van der Waals surface area contributed by atoms with Crippen molar-refractivity contribution >= 4 is 28.0 Å².